The molecule has 7 nitrogen and oxygen atoms in total. The van der Waals surface area contributed by atoms with Crippen molar-refractivity contribution in [3.63, 3.8) is 0 Å². The number of amides is 1. The number of nitrogens with zero attached hydrogens (tertiary/aromatic N) is 3. The molecule has 0 radical (unpaired) electrons. The van der Waals surface area contributed by atoms with Crippen molar-refractivity contribution in [2.45, 2.75) is 32.7 Å². The number of hydrogen-bond donors (Lipinski definition) is 2. The summed E-state index contributed by atoms with van der Waals surface area (Å²) in [6, 6.07) is 15.2. The van der Waals surface area contributed by atoms with Gasteiger partial charge in [-0.15, -0.1) is 0 Å². The fourth-order valence-corrected chi connectivity index (χ4v) is 3.91. The molecule has 0 bridgehead atoms. The highest BCUT2D eigenvalue weighted by molar-refractivity contribution is 6.03. The van der Waals surface area contributed by atoms with Crippen molar-refractivity contribution in [1.82, 2.24) is 15.4 Å². The van der Waals surface area contributed by atoms with Crippen LogP contribution >= 0.6 is 0 Å². The molecule has 1 aliphatic carbocycles. The molecule has 0 spiro atoms. The van der Waals surface area contributed by atoms with Gasteiger partial charge in [-0.3, -0.25) is 9.59 Å². The number of carbonyl (C=O) groups excluding carboxylic acids is 2. The number of Topliss-reactive ketones (excluding diaryl/α,β-unsaturated/α-hetero) is 1. The lowest BCUT2D eigenvalue weighted by Gasteiger charge is -2.10. The quantitative estimate of drug-likeness (QED) is 0.467. The Bertz CT molecular complexity index is 1350. The van der Waals surface area contributed by atoms with E-state index in [1.165, 1.54) is 6.33 Å². The van der Waals surface area contributed by atoms with Crippen LogP contribution in [0.4, 0.5) is 11.5 Å². The standard InChI is InChI=1S/C25H23N5O2/c1-15-8-9-18(25(32)28-19-10-11-19)12-21(15)29-24-22-16(2)20(13-30(22)27-14-26-24)23(31)17-6-4-3-5-7-17/h3-9,12-14,19-20H,10-11H2,1-2H3,(H-,26,27,28,29,32)/p+1. The molecule has 2 heterocycles. The molecule has 1 unspecified atom stereocenters. The van der Waals surface area contributed by atoms with Gasteiger partial charge < -0.3 is 10.6 Å². The van der Waals surface area contributed by atoms with Crippen LogP contribution in [-0.2, 0) is 0 Å². The normalized spacial score (nSPS) is 16.8. The van der Waals surface area contributed by atoms with Gasteiger partial charge in [0.15, 0.2) is 18.3 Å². The van der Waals surface area contributed by atoms with Crippen molar-refractivity contribution in [1.29, 1.82) is 0 Å². The SMILES string of the molecule is CC1=c2c(Nc3cc(C(=O)NC4CC4)ccc3C)ncn[n+]2=CC1C(=O)c1ccccc1. The lowest BCUT2D eigenvalue weighted by atomic mass is 9.93. The summed E-state index contributed by atoms with van der Waals surface area (Å²) in [6.07, 6.45) is 5.37. The number of nitrogens with one attached hydrogen (secondary N) is 2. The fraction of sp³-hybridized carbons (Fsp3) is 0.240. The van der Waals surface area contributed by atoms with E-state index in [9.17, 15) is 9.59 Å². The first kappa shape index (κ1) is 20.1. The second kappa shape index (κ2) is 8.00. The summed E-state index contributed by atoms with van der Waals surface area (Å²) in [5.41, 5.74) is 3.92. The van der Waals surface area contributed by atoms with E-state index in [4.69, 9.17) is 0 Å². The Balaban J connectivity index is 1.49. The molecule has 1 fully saturated rings. The molecule has 1 saturated carbocycles. The highest BCUT2D eigenvalue weighted by Crippen LogP contribution is 2.24. The minimum atomic E-state index is -0.411. The van der Waals surface area contributed by atoms with E-state index in [1.54, 1.807) is 4.36 Å². The van der Waals surface area contributed by atoms with E-state index < -0.39 is 5.92 Å². The van der Waals surface area contributed by atoms with E-state index in [0.717, 1.165) is 35.0 Å². The Morgan fingerprint density at radius 3 is 2.56 bits per heavy atom. The molecule has 1 atom stereocenters. The molecule has 0 saturated heterocycles. The van der Waals surface area contributed by atoms with Crippen molar-refractivity contribution in [3.05, 3.63) is 83.1 Å². The Hall–Kier alpha value is -3.87. The number of carbonyl (C=O) groups is 2. The second-order valence-corrected chi connectivity index (χ2v) is 8.34. The predicted molar refractivity (Wildman–Crippen MR) is 120 cm³/mol. The summed E-state index contributed by atoms with van der Waals surface area (Å²) >= 11 is 0. The van der Waals surface area contributed by atoms with Crippen LogP contribution in [0.2, 0.25) is 0 Å². The molecule has 1 aromatic heterocycles. The van der Waals surface area contributed by atoms with Crippen LogP contribution < -0.4 is 20.3 Å². The summed E-state index contributed by atoms with van der Waals surface area (Å²) in [5.74, 6) is 0.142. The number of fused-ring (bicyclic) bond motifs is 1. The lowest BCUT2D eigenvalue weighted by molar-refractivity contribution is -0.589. The number of benzene rings is 2. The van der Waals surface area contributed by atoms with Gasteiger partial charge in [0.05, 0.1) is 0 Å². The van der Waals surface area contributed by atoms with Gasteiger partial charge in [-0.1, -0.05) is 40.8 Å². The van der Waals surface area contributed by atoms with Crippen molar-refractivity contribution in [2.75, 3.05) is 5.32 Å². The van der Waals surface area contributed by atoms with Crippen molar-refractivity contribution in [2.24, 2.45) is 5.92 Å². The third-order valence-electron chi connectivity index (χ3n) is 5.95. The first-order valence-corrected chi connectivity index (χ1v) is 10.7. The van der Waals surface area contributed by atoms with E-state index in [1.807, 2.05) is 68.6 Å². The van der Waals surface area contributed by atoms with Crippen LogP contribution in [0.1, 0.15) is 46.0 Å². The Morgan fingerprint density at radius 2 is 1.81 bits per heavy atom. The molecule has 7 heteroatoms. The first-order chi connectivity index (χ1) is 15.5. The summed E-state index contributed by atoms with van der Waals surface area (Å²) < 4.78 is 1.70. The molecule has 1 aliphatic heterocycles. The maximum absolute atomic E-state index is 13.1. The average Bonchev–Trinajstić information content (AvgIpc) is 3.56. The van der Waals surface area contributed by atoms with Gasteiger partial charge >= 0.3 is 0 Å². The highest BCUT2D eigenvalue weighted by Gasteiger charge is 2.32. The van der Waals surface area contributed by atoms with Crippen LogP contribution in [0.5, 0.6) is 0 Å². The first-order valence-electron chi connectivity index (χ1n) is 10.7. The third-order valence-corrected chi connectivity index (χ3v) is 5.95. The largest absolute Gasteiger partial charge is 0.349 e. The van der Waals surface area contributed by atoms with Crippen LogP contribution in [0.3, 0.4) is 0 Å². The van der Waals surface area contributed by atoms with Crippen LogP contribution in [0.25, 0.3) is 5.57 Å². The fourth-order valence-electron chi connectivity index (χ4n) is 3.91. The molecule has 3 aromatic rings. The van der Waals surface area contributed by atoms with E-state index in [2.05, 4.69) is 20.7 Å². The molecule has 2 aromatic carbocycles. The zero-order chi connectivity index (χ0) is 22.2. The zero-order valence-electron chi connectivity index (χ0n) is 18.0. The molecule has 160 valence electrons. The highest BCUT2D eigenvalue weighted by atomic mass is 16.1. The topological polar surface area (TPSA) is 89.9 Å². The Labute approximate surface area is 185 Å². The molecule has 5 rings (SSSR count). The van der Waals surface area contributed by atoms with Gasteiger partial charge in [0, 0.05) is 33.5 Å². The zero-order valence-corrected chi connectivity index (χ0v) is 18.0. The lowest BCUT2D eigenvalue weighted by Crippen LogP contribution is -2.40. The summed E-state index contributed by atoms with van der Waals surface area (Å²) in [4.78, 5) is 30.0. The monoisotopic (exact) mass is 426 g/mol. The predicted octanol–water partition coefficient (Wildman–Crippen LogP) is 2.40. The molecular weight excluding hydrogens is 402 g/mol. The van der Waals surface area contributed by atoms with Gasteiger partial charge in [-0.05, 0) is 44.4 Å². The molecule has 1 amide bonds. The molecular formula is C25H24N5O2+. The summed E-state index contributed by atoms with van der Waals surface area (Å²) in [7, 11) is 0. The minimum Gasteiger partial charge on any atom is -0.349 e. The van der Waals surface area contributed by atoms with Gasteiger partial charge in [-0.25, -0.2) is 4.98 Å². The maximum atomic E-state index is 13.1. The van der Waals surface area contributed by atoms with Crippen molar-refractivity contribution < 1.29 is 13.9 Å². The number of aromatic nitrogens is 3. The van der Waals surface area contributed by atoms with Gasteiger partial charge in [0.1, 0.15) is 5.92 Å². The second-order valence-electron chi connectivity index (χ2n) is 8.34. The van der Waals surface area contributed by atoms with E-state index >= 15 is 0 Å². The van der Waals surface area contributed by atoms with Crippen molar-refractivity contribution in [3.8, 4) is 0 Å². The number of rotatable bonds is 6. The molecule has 2 N–H and O–H groups in total. The Morgan fingerprint density at radius 1 is 1.03 bits per heavy atom. The average molecular weight is 427 g/mol. The minimum absolute atomic E-state index is 0.0227. The van der Waals surface area contributed by atoms with Crippen LogP contribution in [0, 0.1) is 19.1 Å². The third kappa shape index (κ3) is 3.77. The number of aryl methyl sites for hydroxylation is 1. The van der Waals surface area contributed by atoms with Crippen LogP contribution in [-0.4, -0.2) is 27.8 Å². The molecule has 2 aliphatic rings. The van der Waals surface area contributed by atoms with Gasteiger partial charge in [0.2, 0.25) is 5.82 Å². The number of ketones is 1. The van der Waals surface area contributed by atoms with Crippen LogP contribution in [0.15, 0.2) is 54.9 Å². The smallest absolute Gasteiger partial charge is 0.280 e. The van der Waals surface area contributed by atoms with E-state index in [0.29, 0.717) is 23.0 Å². The Kier molecular flexibility index (Phi) is 5.01. The molecule has 32 heavy (non-hydrogen) atoms. The number of anilines is 2. The van der Waals surface area contributed by atoms with E-state index in [-0.39, 0.29) is 11.7 Å². The summed E-state index contributed by atoms with van der Waals surface area (Å²) in [6.45, 7) is 3.91. The summed E-state index contributed by atoms with van der Waals surface area (Å²) in [5, 5.41) is 11.5. The number of hydrogen-bond acceptors (Lipinski definition) is 5. The maximum Gasteiger partial charge on any atom is 0.280 e. The van der Waals surface area contributed by atoms with Gasteiger partial charge in [-0.2, -0.15) is 0 Å². The van der Waals surface area contributed by atoms with Crippen molar-refractivity contribution >= 4 is 28.8 Å². The van der Waals surface area contributed by atoms with Gasteiger partial charge in [0.25, 0.3) is 11.3 Å².